The second-order valence-electron chi connectivity index (χ2n) is 6.21. The summed E-state index contributed by atoms with van der Waals surface area (Å²) in [5.74, 6) is 0.411. The summed E-state index contributed by atoms with van der Waals surface area (Å²) in [6.45, 7) is 1.30. The third-order valence-electron chi connectivity index (χ3n) is 4.22. The molecule has 0 saturated carbocycles. The number of nitrogens with one attached hydrogen (secondary N) is 1. The second-order valence-corrected chi connectivity index (χ2v) is 7.18. The molecular weight excluding hydrogens is 362 g/mol. The quantitative estimate of drug-likeness (QED) is 0.698. The molecule has 2 aromatic carbocycles. The van der Waals surface area contributed by atoms with Gasteiger partial charge in [-0.1, -0.05) is 47.7 Å². The van der Waals surface area contributed by atoms with E-state index < -0.39 is 0 Å². The van der Waals surface area contributed by atoms with Gasteiger partial charge in [0.05, 0.1) is 6.10 Å². The van der Waals surface area contributed by atoms with Crippen LogP contribution in [0.4, 0.5) is 5.13 Å². The smallest absolute Gasteiger partial charge is 0.257 e. The number of amides is 1. The van der Waals surface area contributed by atoms with Crippen molar-refractivity contribution in [1.29, 1.82) is 0 Å². The Bertz CT molecular complexity index is 908. The summed E-state index contributed by atoms with van der Waals surface area (Å²) in [6, 6.07) is 16.9. The SMILES string of the molecule is O=C(Nc1nnc(-c2ccccc2)s1)c1cccc(OCC2CCCO2)c1. The van der Waals surface area contributed by atoms with E-state index in [0.717, 1.165) is 30.0 Å². The van der Waals surface area contributed by atoms with Crippen molar-refractivity contribution in [3.8, 4) is 16.3 Å². The van der Waals surface area contributed by atoms with Crippen molar-refractivity contribution in [2.45, 2.75) is 18.9 Å². The van der Waals surface area contributed by atoms with E-state index >= 15 is 0 Å². The molecule has 1 saturated heterocycles. The van der Waals surface area contributed by atoms with Gasteiger partial charge in [0.1, 0.15) is 17.4 Å². The Kier molecular flexibility index (Phi) is 5.41. The van der Waals surface area contributed by atoms with Gasteiger partial charge in [-0.05, 0) is 31.0 Å². The van der Waals surface area contributed by atoms with E-state index in [0.29, 0.717) is 23.1 Å². The first-order valence-corrected chi connectivity index (χ1v) is 9.64. The van der Waals surface area contributed by atoms with Crippen molar-refractivity contribution in [1.82, 2.24) is 10.2 Å². The topological polar surface area (TPSA) is 73.3 Å². The molecule has 3 aromatic rings. The van der Waals surface area contributed by atoms with E-state index in [-0.39, 0.29) is 12.0 Å². The first kappa shape index (κ1) is 17.6. The fraction of sp³-hybridized carbons (Fsp3) is 0.250. The fourth-order valence-corrected chi connectivity index (χ4v) is 3.58. The molecule has 0 spiro atoms. The summed E-state index contributed by atoms with van der Waals surface area (Å²) in [4.78, 5) is 12.5. The number of carbonyl (C=O) groups is 1. The average molecular weight is 381 g/mol. The lowest BCUT2D eigenvalue weighted by atomic mass is 10.2. The normalized spacial score (nSPS) is 16.2. The predicted octanol–water partition coefficient (Wildman–Crippen LogP) is 4.02. The van der Waals surface area contributed by atoms with Crippen LogP contribution in [0.25, 0.3) is 10.6 Å². The summed E-state index contributed by atoms with van der Waals surface area (Å²) >= 11 is 1.34. The summed E-state index contributed by atoms with van der Waals surface area (Å²) in [5, 5.41) is 12.2. The molecule has 1 atom stereocenters. The van der Waals surface area contributed by atoms with Gasteiger partial charge < -0.3 is 9.47 Å². The standard InChI is InChI=1S/C20H19N3O3S/c24-18(21-20-23-22-19(27-20)14-6-2-1-3-7-14)15-8-4-9-16(12-15)26-13-17-10-5-11-25-17/h1-4,6-9,12,17H,5,10-11,13H2,(H,21,23,24). The predicted molar refractivity (Wildman–Crippen MR) is 104 cm³/mol. The van der Waals surface area contributed by atoms with Crippen molar-refractivity contribution in [3.05, 3.63) is 60.2 Å². The van der Waals surface area contributed by atoms with Gasteiger partial charge in [0, 0.05) is 17.7 Å². The van der Waals surface area contributed by atoms with Gasteiger partial charge in [-0.25, -0.2) is 0 Å². The highest BCUT2D eigenvalue weighted by atomic mass is 32.1. The van der Waals surface area contributed by atoms with Crippen LogP contribution in [0.5, 0.6) is 5.75 Å². The minimum absolute atomic E-state index is 0.139. The largest absolute Gasteiger partial charge is 0.491 e. The monoisotopic (exact) mass is 381 g/mol. The minimum Gasteiger partial charge on any atom is -0.491 e. The first-order valence-electron chi connectivity index (χ1n) is 8.83. The lowest BCUT2D eigenvalue weighted by Gasteiger charge is -2.12. The summed E-state index contributed by atoms with van der Waals surface area (Å²) in [5.41, 5.74) is 1.48. The van der Waals surface area contributed by atoms with E-state index in [1.165, 1.54) is 11.3 Å². The van der Waals surface area contributed by atoms with Gasteiger partial charge in [-0.15, -0.1) is 10.2 Å². The Morgan fingerprint density at radius 1 is 1.19 bits per heavy atom. The number of hydrogen-bond donors (Lipinski definition) is 1. The zero-order valence-corrected chi connectivity index (χ0v) is 15.4. The second kappa shape index (κ2) is 8.28. The van der Waals surface area contributed by atoms with E-state index in [9.17, 15) is 4.79 Å². The summed E-state index contributed by atoms with van der Waals surface area (Å²) in [6.07, 6.45) is 2.23. The number of ether oxygens (including phenoxy) is 2. The molecule has 7 heteroatoms. The number of benzene rings is 2. The van der Waals surface area contributed by atoms with E-state index in [2.05, 4.69) is 15.5 Å². The molecule has 1 unspecified atom stereocenters. The molecule has 2 heterocycles. The maximum atomic E-state index is 12.5. The lowest BCUT2D eigenvalue weighted by molar-refractivity contribution is 0.0679. The Labute approximate surface area is 161 Å². The molecular formula is C20H19N3O3S. The van der Waals surface area contributed by atoms with Gasteiger partial charge in [0.15, 0.2) is 0 Å². The maximum absolute atomic E-state index is 12.5. The van der Waals surface area contributed by atoms with Crippen LogP contribution in [0, 0.1) is 0 Å². The van der Waals surface area contributed by atoms with Crippen LogP contribution < -0.4 is 10.1 Å². The Balaban J connectivity index is 1.39. The third-order valence-corrected chi connectivity index (χ3v) is 5.11. The molecule has 0 aliphatic carbocycles. The molecule has 4 rings (SSSR count). The van der Waals surface area contributed by atoms with Crippen LogP contribution in [-0.2, 0) is 4.74 Å². The molecule has 1 aromatic heterocycles. The molecule has 1 fully saturated rings. The number of nitrogens with zero attached hydrogens (tertiary/aromatic N) is 2. The zero-order valence-electron chi connectivity index (χ0n) is 14.6. The van der Waals surface area contributed by atoms with E-state index in [1.807, 2.05) is 36.4 Å². The number of rotatable bonds is 6. The lowest BCUT2D eigenvalue weighted by Crippen LogP contribution is -2.17. The number of carbonyl (C=O) groups excluding carboxylic acids is 1. The molecule has 1 aliphatic rings. The van der Waals surface area contributed by atoms with E-state index in [4.69, 9.17) is 9.47 Å². The summed E-state index contributed by atoms with van der Waals surface area (Å²) in [7, 11) is 0. The molecule has 27 heavy (non-hydrogen) atoms. The van der Waals surface area contributed by atoms with E-state index in [1.54, 1.807) is 18.2 Å². The number of anilines is 1. The van der Waals surface area contributed by atoms with Crippen molar-refractivity contribution in [2.24, 2.45) is 0 Å². The highest BCUT2D eigenvalue weighted by Gasteiger charge is 2.16. The van der Waals surface area contributed by atoms with Gasteiger partial charge in [0.2, 0.25) is 5.13 Å². The van der Waals surface area contributed by atoms with Gasteiger partial charge in [-0.3, -0.25) is 10.1 Å². The Hall–Kier alpha value is -2.77. The molecule has 6 nitrogen and oxygen atoms in total. The van der Waals surface area contributed by atoms with Crippen LogP contribution in [0.1, 0.15) is 23.2 Å². The maximum Gasteiger partial charge on any atom is 0.257 e. The van der Waals surface area contributed by atoms with Crippen LogP contribution in [0.3, 0.4) is 0 Å². The minimum atomic E-state index is -0.242. The number of aromatic nitrogens is 2. The molecule has 1 aliphatic heterocycles. The third kappa shape index (κ3) is 4.50. The van der Waals surface area contributed by atoms with Crippen molar-refractivity contribution in [2.75, 3.05) is 18.5 Å². The summed E-state index contributed by atoms with van der Waals surface area (Å²) < 4.78 is 11.3. The van der Waals surface area contributed by atoms with Gasteiger partial charge in [0.25, 0.3) is 5.91 Å². The average Bonchev–Trinajstić information content (AvgIpc) is 3.39. The van der Waals surface area contributed by atoms with Crippen LogP contribution in [-0.4, -0.2) is 35.4 Å². The van der Waals surface area contributed by atoms with Crippen molar-refractivity contribution in [3.63, 3.8) is 0 Å². The van der Waals surface area contributed by atoms with Crippen LogP contribution in [0.2, 0.25) is 0 Å². The van der Waals surface area contributed by atoms with Crippen LogP contribution in [0.15, 0.2) is 54.6 Å². The van der Waals surface area contributed by atoms with Crippen LogP contribution >= 0.6 is 11.3 Å². The molecule has 1 N–H and O–H groups in total. The van der Waals surface area contributed by atoms with Gasteiger partial charge >= 0.3 is 0 Å². The molecule has 0 radical (unpaired) electrons. The highest BCUT2D eigenvalue weighted by Crippen LogP contribution is 2.26. The molecule has 138 valence electrons. The van der Waals surface area contributed by atoms with Crippen molar-refractivity contribution < 1.29 is 14.3 Å². The molecule has 0 bridgehead atoms. The fourth-order valence-electron chi connectivity index (χ4n) is 2.83. The zero-order chi connectivity index (χ0) is 18.5. The van der Waals surface area contributed by atoms with Crippen molar-refractivity contribution >= 4 is 22.4 Å². The molecule has 1 amide bonds. The Morgan fingerprint density at radius 2 is 2.07 bits per heavy atom. The first-order chi connectivity index (χ1) is 13.3. The highest BCUT2D eigenvalue weighted by molar-refractivity contribution is 7.18. The number of hydrogen-bond acceptors (Lipinski definition) is 6. The van der Waals surface area contributed by atoms with Gasteiger partial charge in [-0.2, -0.15) is 0 Å². The Morgan fingerprint density at radius 3 is 2.89 bits per heavy atom.